The van der Waals surface area contributed by atoms with Gasteiger partial charge in [0.05, 0.1) is 0 Å². The van der Waals surface area contributed by atoms with Crippen molar-refractivity contribution in [3.8, 4) is 0 Å². The van der Waals surface area contributed by atoms with Gasteiger partial charge >= 0.3 is 0 Å². The molecule has 0 saturated heterocycles. The maximum atomic E-state index is 11.9. The first-order valence-electron chi connectivity index (χ1n) is 7.29. The van der Waals surface area contributed by atoms with E-state index >= 15 is 0 Å². The van der Waals surface area contributed by atoms with Crippen molar-refractivity contribution in [1.29, 1.82) is 0 Å². The van der Waals surface area contributed by atoms with E-state index in [1.165, 1.54) is 19.3 Å². The maximum Gasteiger partial charge on any atom is 0.251 e. The number of nitrogens with one attached hydrogen (secondary N) is 2. The van der Waals surface area contributed by atoms with E-state index in [0.29, 0.717) is 17.7 Å². The lowest BCUT2D eigenvalue weighted by atomic mass is 10.1. The maximum absolute atomic E-state index is 11.9. The van der Waals surface area contributed by atoms with Gasteiger partial charge in [-0.2, -0.15) is 0 Å². The third-order valence-electron chi connectivity index (χ3n) is 3.20. The normalized spacial score (nSPS) is 10.1. The molecule has 0 bridgehead atoms. The molecule has 0 aromatic heterocycles. The summed E-state index contributed by atoms with van der Waals surface area (Å²) >= 11 is 0. The lowest BCUT2D eigenvalue weighted by Crippen LogP contribution is -2.24. The van der Waals surface area contributed by atoms with Crippen molar-refractivity contribution in [2.45, 2.75) is 39.0 Å². The highest BCUT2D eigenvalue weighted by atomic mass is 16.2. The van der Waals surface area contributed by atoms with E-state index < -0.39 is 0 Å². The molecule has 0 aliphatic carbocycles. The molecule has 0 saturated carbocycles. The molecule has 1 aromatic rings. The zero-order valence-corrected chi connectivity index (χ0v) is 12.4. The van der Waals surface area contributed by atoms with Gasteiger partial charge in [0.2, 0.25) is 0 Å². The zero-order chi connectivity index (χ0) is 14.8. The molecule has 0 atom stereocenters. The van der Waals surface area contributed by atoms with E-state index in [4.69, 9.17) is 0 Å². The first kappa shape index (κ1) is 16.2. The minimum Gasteiger partial charge on any atom is -0.355 e. The number of benzene rings is 1. The van der Waals surface area contributed by atoms with Crippen LogP contribution in [0.15, 0.2) is 24.3 Å². The summed E-state index contributed by atoms with van der Waals surface area (Å²) in [6.07, 6.45) is 5.89. The SMILES string of the molecule is CCCCCCCNC(=O)c1ccc(C(=O)NC)cc1. The fourth-order valence-corrected chi connectivity index (χ4v) is 1.95. The highest BCUT2D eigenvalue weighted by Crippen LogP contribution is 2.05. The summed E-state index contributed by atoms with van der Waals surface area (Å²) in [4.78, 5) is 23.3. The Balaban J connectivity index is 2.34. The molecule has 0 heterocycles. The fraction of sp³-hybridized carbons (Fsp3) is 0.500. The summed E-state index contributed by atoms with van der Waals surface area (Å²) in [7, 11) is 1.58. The van der Waals surface area contributed by atoms with Gasteiger partial charge in [0.15, 0.2) is 0 Å². The molecule has 4 nitrogen and oxygen atoms in total. The monoisotopic (exact) mass is 276 g/mol. The van der Waals surface area contributed by atoms with Crippen molar-refractivity contribution in [3.05, 3.63) is 35.4 Å². The summed E-state index contributed by atoms with van der Waals surface area (Å²) in [5, 5.41) is 5.45. The molecule has 2 N–H and O–H groups in total. The second-order valence-corrected chi connectivity index (χ2v) is 4.83. The second kappa shape index (κ2) is 9.13. The van der Waals surface area contributed by atoms with Gasteiger partial charge in [0.1, 0.15) is 0 Å². The minimum atomic E-state index is -0.145. The van der Waals surface area contributed by atoms with Crippen LogP contribution in [0.3, 0.4) is 0 Å². The average Bonchev–Trinajstić information content (AvgIpc) is 2.50. The lowest BCUT2D eigenvalue weighted by Gasteiger charge is -2.06. The average molecular weight is 276 g/mol. The number of rotatable bonds is 8. The Morgan fingerprint density at radius 2 is 1.45 bits per heavy atom. The Kier molecular flexibility index (Phi) is 7.40. The third kappa shape index (κ3) is 5.43. The van der Waals surface area contributed by atoms with Gasteiger partial charge in [-0.1, -0.05) is 32.6 Å². The Morgan fingerprint density at radius 1 is 0.900 bits per heavy atom. The summed E-state index contributed by atoms with van der Waals surface area (Å²) in [6.45, 7) is 2.89. The van der Waals surface area contributed by atoms with Crippen LogP contribution in [0.1, 0.15) is 59.7 Å². The molecule has 0 spiro atoms. The molecule has 0 aliphatic heterocycles. The molecule has 20 heavy (non-hydrogen) atoms. The molecule has 0 radical (unpaired) electrons. The smallest absolute Gasteiger partial charge is 0.251 e. The molecular weight excluding hydrogens is 252 g/mol. The number of carbonyl (C=O) groups is 2. The topological polar surface area (TPSA) is 58.2 Å². The summed E-state index contributed by atoms with van der Waals surface area (Å²) in [6, 6.07) is 6.68. The Hall–Kier alpha value is -1.84. The molecule has 0 fully saturated rings. The fourth-order valence-electron chi connectivity index (χ4n) is 1.95. The standard InChI is InChI=1S/C16H24N2O2/c1-3-4-5-6-7-12-18-16(20)14-10-8-13(9-11-14)15(19)17-2/h8-11H,3-7,12H2,1-2H3,(H,17,19)(H,18,20). The van der Waals surface area contributed by atoms with Crippen LogP contribution in [-0.4, -0.2) is 25.4 Å². The third-order valence-corrected chi connectivity index (χ3v) is 3.20. The number of hydrogen-bond donors (Lipinski definition) is 2. The van der Waals surface area contributed by atoms with E-state index in [9.17, 15) is 9.59 Å². The van der Waals surface area contributed by atoms with Crippen molar-refractivity contribution in [2.24, 2.45) is 0 Å². The van der Waals surface area contributed by atoms with Gasteiger partial charge in [0, 0.05) is 24.7 Å². The van der Waals surface area contributed by atoms with Crippen LogP contribution in [0.4, 0.5) is 0 Å². The minimum absolute atomic E-state index is 0.0797. The van der Waals surface area contributed by atoms with Crippen molar-refractivity contribution < 1.29 is 9.59 Å². The van der Waals surface area contributed by atoms with Gasteiger partial charge in [0.25, 0.3) is 11.8 Å². The Bertz CT molecular complexity index is 427. The van der Waals surface area contributed by atoms with Gasteiger partial charge in [-0.3, -0.25) is 9.59 Å². The number of unbranched alkanes of at least 4 members (excludes halogenated alkanes) is 4. The zero-order valence-electron chi connectivity index (χ0n) is 12.4. The van der Waals surface area contributed by atoms with Gasteiger partial charge in [-0.25, -0.2) is 0 Å². The summed E-state index contributed by atoms with van der Waals surface area (Å²) in [5.74, 6) is -0.225. The van der Waals surface area contributed by atoms with Crippen molar-refractivity contribution in [1.82, 2.24) is 10.6 Å². The molecule has 4 heteroatoms. The van der Waals surface area contributed by atoms with E-state index in [2.05, 4.69) is 17.6 Å². The lowest BCUT2D eigenvalue weighted by molar-refractivity contribution is 0.0945. The van der Waals surface area contributed by atoms with Gasteiger partial charge in [-0.05, 0) is 30.7 Å². The van der Waals surface area contributed by atoms with Crippen LogP contribution >= 0.6 is 0 Å². The quantitative estimate of drug-likeness (QED) is 0.717. The summed E-state index contributed by atoms with van der Waals surface area (Å²) in [5.41, 5.74) is 1.15. The van der Waals surface area contributed by atoms with E-state index in [-0.39, 0.29) is 11.8 Å². The molecule has 2 amide bonds. The van der Waals surface area contributed by atoms with Crippen LogP contribution in [0.25, 0.3) is 0 Å². The summed E-state index contributed by atoms with van der Waals surface area (Å²) < 4.78 is 0. The predicted octanol–water partition coefficient (Wildman–Crippen LogP) is 2.75. The first-order valence-corrected chi connectivity index (χ1v) is 7.29. The first-order chi connectivity index (χ1) is 9.69. The molecule has 0 unspecified atom stereocenters. The van der Waals surface area contributed by atoms with Crippen molar-refractivity contribution in [2.75, 3.05) is 13.6 Å². The van der Waals surface area contributed by atoms with Crippen molar-refractivity contribution >= 4 is 11.8 Å². The highest BCUT2D eigenvalue weighted by Gasteiger charge is 2.07. The molecule has 0 aliphatic rings. The molecule has 1 rings (SSSR count). The number of hydrogen-bond acceptors (Lipinski definition) is 2. The van der Waals surface area contributed by atoms with Crippen LogP contribution in [-0.2, 0) is 0 Å². The van der Waals surface area contributed by atoms with Crippen LogP contribution in [0.5, 0.6) is 0 Å². The van der Waals surface area contributed by atoms with Crippen LogP contribution < -0.4 is 10.6 Å². The van der Waals surface area contributed by atoms with E-state index in [0.717, 1.165) is 12.8 Å². The Labute approximate surface area is 121 Å². The molecule has 110 valence electrons. The van der Waals surface area contributed by atoms with E-state index in [1.807, 2.05) is 0 Å². The van der Waals surface area contributed by atoms with E-state index in [1.54, 1.807) is 31.3 Å². The van der Waals surface area contributed by atoms with Gasteiger partial charge < -0.3 is 10.6 Å². The number of carbonyl (C=O) groups excluding carboxylic acids is 2. The molecular formula is C16H24N2O2. The van der Waals surface area contributed by atoms with Gasteiger partial charge in [-0.15, -0.1) is 0 Å². The van der Waals surface area contributed by atoms with Crippen molar-refractivity contribution in [3.63, 3.8) is 0 Å². The second-order valence-electron chi connectivity index (χ2n) is 4.83. The molecule has 1 aromatic carbocycles. The van der Waals surface area contributed by atoms with Crippen LogP contribution in [0.2, 0.25) is 0 Å². The highest BCUT2D eigenvalue weighted by molar-refractivity contribution is 5.97. The Morgan fingerprint density at radius 3 is 2.00 bits per heavy atom. The number of amides is 2. The van der Waals surface area contributed by atoms with Crippen LogP contribution in [0, 0.1) is 0 Å². The largest absolute Gasteiger partial charge is 0.355 e. The predicted molar refractivity (Wildman–Crippen MR) is 80.9 cm³/mol.